The molecule has 3 saturated heterocycles. The van der Waals surface area contributed by atoms with Gasteiger partial charge in [0.15, 0.2) is 26.2 Å². The third-order valence-electron chi connectivity index (χ3n) is 3.44. The van der Waals surface area contributed by atoms with Crippen LogP contribution < -0.4 is 0 Å². The second-order valence-corrected chi connectivity index (χ2v) is 4.49. The van der Waals surface area contributed by atoms with Gasteiger partial charge in [0.25, 0.3) is 0 Å². The van der Waals surface area contributed by atoms with Gasteiger partial charge in [0, 0.05) is 0 Å². The molecule has 0 amide bonds. The number of halogens is 4. The van der Waals surface area contributed by atoms with Crippen molar-refractivity contribution < 1.29 is 26.8 Å². The van der Waals surface area contributed by atoms with Gasteiger partial charge in [-0.25, -0.2) is 0 Å². The standard InChI is InChI=1S/C8H14F4N2/c9-8(10,11)7-13-1-4-14(12,5-2-13)6-3-13/h1-7H2/q+2. The Bertz CT molecular complexity index is 213. The normalized spacial score (nSPS) is 42.9. The van der Waals surface area contributed by atoms with Crippen LogP contribution in [0, 0.1) is 0 Å². The number of hydrogen-bond acceptors (Lipinski definition) is 0. The summed E-state index contributed by atoms with van der Waals surface area (Å²) in [6, 6.07) is 0. The molecule has 0 N–H and O–H groups in total. The molecule has 3 fully saturated rings. The number of piperazine rings is 3. The Morgan fingerprint density at radius 2 is 1.29 bits per heavy atom. The van der Waals surface area contributed by atoms with Crippen molar-refractivity contribution in [1.82, 2.24) is 0 Å². The summed E-state index contributed by atoms with van der Waals surface area (Å²) in [5, 5.41) is 0. The van der Waals surface area contributed by atoms with Gasteiger partial charge in [-0.05, 0) is 4.48 Å². The zero-order valence-corrected chi connectivity index (χ0v) is 7.86. The van der Waals surface area contributed by atoms with E-state index in [1.54, 1.807) is 0 Å². The van der Waals surface area contributed by atoms with Gasteiger partial charge in [-0.3, -0.25) is 0 Å². The first kappa shape index (κ1) is 10.2. The highest BCUT2D eigenvalue weighted by atomic mass is 19.4. The third kappa shape index (κ3) is 1.86. The minimum Gasteiger partial charge on any atom is -0.302 e. The minimum atomic E-state index is -4.12. The van der Waals surface area contributed by atoms with Crippen molar-refractivity contribution in [2.45, 2.75) is 6.18 Å². The molecular formula is C8H14F4N2+2. The fourth-order valence-electron chi connectivity index (χ4n) is 2.46. The molecule has 2 nitrogen and oxygen atoms in total. The molecule has 0 aliphatic carbocycles. The van der Waals surface area contributed by atoms with E-state index >= 15 is 0 Å². The Balaban J connectivity index is 2.05. The van der Waals surface area contributed by atoms with Gasteiger partial charge < -0.3 is 4.48 Å². The molecule has 82 valence electrons. The first-order chi connectivity index (χ1) is 6.33. The van der Waals surface area contributed by atoms with Crippen LogP contribution >= 0.6 is 0 Å². The summed E-state index contributed by atoms with van der Waals surface area (Å²) in [4.78, 5) is 0. The highest BCUT2D eigenvalue weighted by molar-refractivity contribution is 4.61. The fourth-order valence-corrected chi connectivity index (χ4v) is 2.46. The third-order valence-corrected chi connectivity index (χ3v) is 3.44. The summed E-state index contributed by atoms with van der Waals surface area (Å²) in [6.45, 7) is 0.942. The molecule has 0 aromatic carbocycles. The van der Waals surface area contributed by atoms with Crippen LogP contribution in [0.25, 0.3) is 0 Å². The van der Waals surface area contributed by atoms with E-state index in [1.807, 2.05) is 0 Å². The molecule has 0 saturated carbocycles. The maximum atomic E-state index is 13.6. The fraction of sp³-hybridized carbons (Fsp3) is 1.00. The lowest BCUT2D eigenvalue weighted by Crippen LogP contribution is -2.73. The predicted molar refractivity (Wildman–Crippen MR) is 41.8 cm³/mol. The highest BCUT2D eigenvalue weighted by Gasteiger charge is 2.54. The van der Waals surface area contributed by atoms with Gasteiger partial charge in [0.05, 0.1) is 0 Å². The van der Waals surface area contributed by atoms with Crippen LogP contribution in [-0.2, 0) is 0 Å². The molecule has 3 aliphatic heterocycles. The van der Waals surface area contributed by atoms with E-state index in [0.29, 0.717) is 19.6 Å². The van der Waals surface area contributed by atoms with Crippen molar-refractivity contribution in [2.24, 2.45) is 0 Å². The number of alkyl halides is 3. The number of rotatable bonds is 1. The quantitative estimate of drug-likeness (QED) is 0.348. The van der Waals surface area contributed by atoms with Gasteiger partial charge in [0.1, 0.15) is 19.6 Å². The van der Waals surface area contributed by atoms with E-state index in [9.17, 15) is 17.7 Å². The van der Waals surface area contributed by atoms with E-state index in [4.69, 9.17) is 0 Å². The zero-order chi connectivity index (χ0) is 10.4. The Hall–Kier alpha value is -0.360. The number of quaternary nitrogens is 2. The van der Waals surface area contributed by atoms with Crippen molar-refractivity contribution in [3.63, 3.8) is 0 Å². The van der Waals surface area contributed by atoms with Crippen LogP contribution in [-0.4, -0.2) is 61.2 Å². The smallest absolute Gasteiger partial charge is 0.302 e. The maximum Gasteiger partial charge on any atom is 0.438 e. The van der Waals surface area contributed by atoms with E-state index < -0.39 is 17.4 Å². The molecule has 0 unspecified atom stereocenters. The topological polar surface area (TPSA) is 0 Å². The molecule has 3 heterocycles. The summed E-state index contributed by atoms with van der Waals surface area (Å²) in [5.74, 6) is 0. The molecule has 3 rings (SSSR count). The molecule has 14 heavy (non-hydrogen) atoms. The van der Waals surface area contributed by atoms with Crippen molar-refractivity contribution in [1.29, 1.82) is 0 Å². The Morgan fingerprint density at radius 1 is 0.857 bits per heavy atom. The molecule has 0 atom stereocenters. The highest BCUT2D eigenvalue weighted by Crippen LogP contribution is 2.31. The first-order valence-corrected chi connectivity index (χ1v) is 4.80. The van der Waals surface area contributed by atoms with Gasteiger partial charge in [-0.1, -0.05) is 0 Å². The first-order valence-electron chi connectivity index (χ1n) is 4.80. The zero-order valence-electron chi connectivity index (χ0n) is 7.86. The van der Waals surface area contributed by atoms with Crippen molar-refractivity contribution in [3.05, 3.63) is 0 Å². The van der Waals surface area contributed by atoms with E-state index in [2.05, 4.69) is 0 Å². The monoisotopic (exact) mass is 214 g/mol. The molecular weight excluding hydrogens is 200 g/mol. The predicted octanol–water partition coefficient (Wildman–Crippen LogP) is 1.09. The lowest BCUT2D eigenvalue weighted by Gasteiger charge is -2.49. The molecule has 6 heteroatoms. The largest absolute Gasteiger partial charge is 0.438 e. The summed E-state index contributed by atoms with van der Waals surface area (Å²) >= 11 is 0. The lowest BCUT2D eigenvalue weighted by molar-refractivity contribution is -1.15. The Morgan fingerprint density at radius 3 is 1.64 bits per heavy atom. The summed E-state index contributed by atoms with van der Waals surface area (Å²) < 4.78 is 49.9. The molecule has 2 bridgehead atoms. The summed E-state index contributed by atoms with van der Waals surface area (Å²) in [7, 11) is 0. The average Bonchev–Trinajstić information content (AvgIpc) is 2.05. The molecule has 0 aromatic heterocycles. The van der Waals surface area contributed by atoms with Crippen LogP contribution in [0.15, 0.2) is 0 Å². The van der Waals surface area contributed by atoms with Crippen LogP contribution in [0.4, 0.5) is 17.7 Å². The van der Waals surface area contributed by atoms with Crippen LogP contribution in [0.1, 0.15) is 0 Å². The van der Waals surface area contributed by atoms with Crippen LogP contribution in [0.2, 0.25) is 0 Å². The molecule has 0 aromatic rings. The number of fused-ring (bicyclic) bond motifs is 3. The van der Waals surface area contributed by atoms with Crippen LogP contribution in [0.5, 0.6) is 0 Å². The second-order valence-electron chi connectivity index (χ2n) is 4.49. The number of nitrogens with zero attached hydrogens (tertiary/aromatic N) is 2. The van der Waals surface area contributed by atoms with Gasteiger partial charge in [-0.2, -0.15) is 13.2 Å². The SMILES string of the molecule is FC(F)(F)C[N+]12CC[N+](F)(CC1)CC2. The van der Waals surface area contributed by atoms with E-state index in [-0.39, 0.29) is 24.1 Å². The van der Waals surface area contributed by atoms with Crippen LogP contribution in [0.3, 0.4) is 0 Å². The van der Waals surface area contributed by atoms with Gasteiger partial charge >= 0.3 is 6.18 Å². The maximum absolute atomic E-state index is 13.6. The van der Waals surface area contributed by atoms with Crippen molar-refractivity contribution >= 4 is 0 Å². The second kappa shape index (κ2) is 2.82. The summed E-state index contributed by atoms with van der Waals surface area (Å²) in [5.41, 5.74) is 0. The Kier molecular flexibility index (Phi) is 2.05. The molecule has 0 spiro atoms. The van der Waals surface area contributed by atoms with Gasteiger partial charge in [-0.15, -0.1) is 4.71 Å². The minimum absolute atomic E-state index is 0.0490. The van der Waals surface area contributed by atoms with Gasteiger partial charge in [0.2, 0.25) is 0 Å². The Labute approximate surface area is 79.8 Å². The van der Waals surface area contributed by atoms with E-state index in [0.717, 1.165) is 0 Å². The number of hydrogen-bond donors (Lipinski definition) is 0. The molecule has 3 aliphatic rings. The van der Waals surface area contributed by atoms with Crippen molar-refractivity contribution in [3.8, 4) is 0 Å². The average molecular weight is 214 g/mol. The van der Waals surface area contributed by atoms with E-state index in [1.165, 1.54) is 0 Å². The molecule has 0 radical (unpaired) electrons. The van der Waals surface area contributed by atoms with Crippen molar-refractivity contribution in [2.75, 3.05) is 45.8 Å². The lowest BCUT2D eigenvalue weighted by atomic mass is 10.1. The summed E-state index contributed by atoms with van der Waals surface area (Å²) in [6.07, 6.45) is -4.12.